The highest BCUT2D eigenvalue weighted by Gasteiger charge is 2.61. The lowest BCUT2D eigenvalue weighted by Gasteiger charge is -2.19. The fourth-order valence-electron chi connectivity index (χ4n) is 1.19. The number of halogens is 5. The number of benzene rings is 1. The van der Waals surface area contributed by atoms with Crippen molar-refractivity contribution in [1.82, 2.24) is 4.98 Å². The van der Waals surface area contributed by atoms with E-state index < -0.39 is 18.0 Å². The zero-order valence-corrected chi connectivity index (χ0v) is 9.28. The minimum absolute atomic E-state index is 0.185. The first kappa shape index (κ1) is 12.8. The third-order valence-corrected chi connectivity index (χ3v) is 2.80. The number of fused-ring (bicyclic) bond motifs is 1. The average molecular weight is 284 g/mol. The van der Waals surface area contributed by atoms with Crippen molar-refractivity contribution in [3.05, 3.63) is 18.2 Å². The van der Waals surface area contributed by atoms with E-state index in [1.807, 2.05) is 0 Å². The second-order valence-electron chi connectivity index (χ2n) is 3.30. The lowest BCUT2D eigenvalue weighted by Crippen LogP contribution is -2.41. The normalized spacial score (nSPS) is 12.9. The van der Waals surface area contributed by atoms with Crippen LogP contribution in [0, 0.1) is 0 Å². The van der Waals surface area contributed by atoms with E-state index in [1.54, 1.807) is 0 Å². The van der Waals surface area contributed by atoms with E-state index in [9.17, 15) is 22.0 Å². The number of rotatable bonds is 2. The molecule has 1 heterocycles. The molecule has 0 aliphatic carbocycles. The summed E-state index contributed by atoms with van der Waals surface area (Å²) < 4.78 is 65.1. The summed E-state index contributed by atoms with van der Waals surface area (Å²) in [7, 11) is 0. The van der Waals surface area contributed by atoms with Crippen molar-refractivity contribution in [1.29, 1.82) is 0 Å². The summed E-state index contributed by atoms with van der Waals surface area (Å²) in [5, 5.41) is 0.185. The van der Waals surface area contributed by atoms with Gasteiger partial charge in [-0.15, -0.1) is 0 Å². The van der Waals surface area contributed by atoms with E-state index in [1.165, 1.54) is 6.07 Å². The Balaban J connectivity index is 2.32. The highest BCUT2D eigenvalue weighted by Crippen LogP contribution is 2.38. The Hall–Kier alpha value is -1.64. The molecule has 0 spiro atoms. The predicted molar refractivity (Wildman–Crippen MR) is 55.7 cm³/mol. The van der Waals surface area contributed by atoms with Gasteiger partial charge in [0.25, 0.3) is 0 Å². The van der Waals surface area contributed by atoms with E-state index in [2.05, 4.69) is 9.72 Å². The molecule has 0 unspecified atom stereocenters. The second kappa shape index (κ2) is 3.94. The highest BCUT2D eigenvalue weighted by molar-refractivity contribution is 7.22. The number of nitrogens with two attached hydrogens (primary N) is 1. The third-order valence-electron chi connectivity index (χ3n) is 1.95. The quantitative estimate of drug-likeness (QED) is 0.860. The summed E-state index contributed by atoms with van der Waals surface area (Å²) in [6, 6.07) is 3.26. The standard InChI is InChI=1S/C9H5F5N2OS/c10-8(11,12)9(13,14)17-4-1-2-5-6(3-4)18-7(15)16-5/h1-3H,(H2,15,16). The van der Waals surface area contributed by atoms with Gasteiger partial charge in [0.05, 0.1) is 10.2 Å². The molecular weight excluding hydrogens is 279 g/mol. The van der Waals surface area contributed by atoms with Crippen LogP contribution < -0.4 is 10.5 Å². The molecule has 0 aliphatic rings. The molecule has 2 N–H and O–H groups in total. The van der Waals surface area contributed by atoms with Gasteiger partial charge in [-0.05, 0) is 18.2 Å². The number of nitrogens with zero attached hydrogens (tertiary/aromatic N) is 1. The molecule has 18 heavy (non-hydrogen) atoms. The number of hydrogen-bond acceptors (Lipinski definition) is 4. The van der Waals surface area contributed by atoms with Crippen molar-refractivity contribution in [3.63, 3.8) is 0 Å². The first-order valence-corrected chi connectivity index (χ1v) is 5.30. The molecule has 1 aromatic carbocycles. The number of anilines is 1. The van der Waals surface area contributed by atoms with Gasteiger partial charge >= 0.3 is 12.3 Å². The van der Waals surface area contributed by atoms with E-state index in [4.69, 9.17) is 5.73 Å². The summed E-state index contributed by atoms with van der Waals surface area (Å²) in [6.45, 7) is 0. The second-order valence-corrected chi connectivity index (χ2v) is 4.36. The maximum absolute atomic E-state index is 12.6. The van der Waals surface area contributed by atoms with Crippen molar-refractivity contribution in [2.75, 3.05) is 5.73 Å². The van der Waals surface area contributed by atoms with Gasteiger partial charge in [0.1, 0.15) is 5.75 Å². The maximum Gasteiger partial charge on any atom is 0.499 e. The first-order chi connectivity index (χ1) is 8.19. The van der Waals surface area contributed by atoms with Crippen LogP contribution in [-0.2, 0) is 0 Å². The molecule has 1 aromatic heterocycles. The van der Waals surface area contributed by atoms with Crippen molar-refractivity contribution < 1.29 is 26.7 Å². The van der Waals surface area contributed by atoms with Gasteiger partial charge in [0.2, 0.25) is 0 Å². The van der Waals surface area contributed by atoms with Crippen molar-refractivity contribution in [2.45, 2.75) is 12.3 Å². The van der Waals surface area contributed by atoms with Crippen molar-refractivity contribution in [3.8, 4) is 5.75 Å². The van der Waals surface area contributed by atoms with Crippen LogP contribution in [0.4, 0.5) is 27.1 Å². The van der Waals surface area contributed by atoms with Crippen LogP contribution in [0.25, 0.3) is 10.2 Å². The largest absolute Gasteiger partial charge is 0.499 e. The Bertz CT molecular complexity index is 580. The molecule has 0 radical (unpaired) electrons. The molecular formula is C9H5F5N2OS. The summed E-state index contributed by atoms with van der Waals surface area (Å²) in [5.74, 6) is -0.603. The Morgan fingerprint density at radius 3 is 2.44 bits per heavy atom. The van der Waals surface area contributed by atoms with Gasteiger partial charge in [-0.3, -0.25) is 0 Å². The zero-order chi connectivity index (χ0) is 13.6. The summed E-state index contributed by atoms with van der Waals surface area (Å²) in [6.07, 6.45) is -11.0. The monoisotopic (exact) mass is 284 g/mol. The van der Waals surface area contributed by atoms with Gasteiger partial charge in [-0.2, -0.15) is 22.0 Å². The Kier molecular flexibility index (Phi) is 2.80. The Morgan fingerprint density at radius 1 is 1.17 bits per heavy atom. The van der Waals surface area contributed by atoms with Gasteiger partial charge in [0.15, 0.2) is 5.13 Å². The van der Waals surface area contributed by atoms with E-state index in [0.717, 1.165) is 23.5 Å². The van der Waals surface area contributed by atoms with E-state index in [0.29, 0.717) is 10.2 Å². The molecule has 0 saturated heterocycles. The molecule has 0 saturated carbocycles. The topological polar surface area (TPSA) is 48.1 Å². The molecule has 9 heteroatoms. The SMILES string of the molecule is Nc1nc2ccc(OC(F)(F)C(F)(F)F)cc2s1. The van der Waals surface area contributed by atoms with E-state index >= 15 is 0 Å². The smallest absolute Gasteiger partial charge is 0.426 e. The number of alkyl halides is 5. The summed E-state index contributed by atoms with van der Waals surface area (Å²) in [5.41, 5.74) is 5.78. The Morgan fingerprint density at radius 2 is 1.83 bits per heavy atom. The summed E-state index contributed by atoms with van der Waals surface area (Å²) in [4.78, 5) is 3.83. The number of aromatic nitrogens is 1. The predicted octanol–water partition coefficient (Wildman–Crippen LogP) is 3.41. The van der Waals surface area contributed by atoms with Gasteiger partial charge in [-0.1, -0.05) is 11.3 Å². The van der Waals surface area contributed by atoms with Crippen molar-refractivity contribution >= 4 is 26.7 Å². The lowest BCUT2D eigenvalue weighted by molar-refractivity contribution is -0.360. The van der Waals surface area contributed by atoms with Crippen molar-refractivity contribution in [2.24, 2.45) is 0 Å². The van der Waals surface area contributed by atoms with Gasteiger partial charge in [-0.25, -0.2) is 4.98 Å². The number of ether oxygens (including phenoxy) is 1. The minimum atomic E-state index is -5.77. The van der Waals surface area contributed by atoms with Crippen LogP contribution in [0.2, 0.25) is 0 Å². The number of nitrogen functional groups attached to an aromatic ring is 1. The van der Waals surface area contributed by atoms with Crippen LogP contribution in [-0.4, -0.2) is 17.3 Å². The van der Waals surface area contributed by atoms with E-state index in [-0.39, 0.29) is 5.13 Å². The average Bonchev–Trinajstić information content (AvgIpc) is 2.54. The molecule has 0 aliphatic heterocycles. The molecule has 0 fully saturated rings. The zero-order valence-electron chi connectivity index (χ0n) is 8.46. The van der Waals surface area contributed by atoms with Gasteiger partial charge < -0.3 is 10.5 Å². The van der Waals surface area contributed by atoms with Crippen LogP contribution in [0.15, 0.2) is 18.2 Å². The molecule has 2 aromatic rings. The third kappa shape index (κ3) is 2.30. The Labute approximate surface area is 101 Å². The number of hydrogen-bond donors (Lipinski definition) is 1. The fourth-order valence-corrected chi connectivity index (χ4v) is 1.95. The molecule has 0 atom stereocenters. The fraction of sp³-hybridized carbons (Fsp3) is 0.222. The molecule has 98 valence electrons. The molecule has 0 amide bonds. The van der Waals surface area contributed by atoms with Crippen LogP contribution in [0.1, 0.15) is 0 Å². The van der Waals surface area contributed by atoms with Crippen LogP contribution >= 0.6 is 11.3 Å². The van der Waals surface area contributed by atoms with Crippen LogP contribution in [0.3, 0.4) is 0 Å². The lowest BCUT2D eigenvalue weighted by atomic mass is 10.3. The molecule has 2 rings (SSSR count). The van der Waals surface area contributed by atoms with Gasteiger partial charge in [0, 0.05) is 0 Å². The maximum atomic E-state index is 12.6. The number of thiazole rings is 1. The summed E-state index contributed by atoms with van der Waals surface area (Å²) >= 11 is 0.960. The first-order valence-electron chi connectivity index (χ1n) is 4.49. The molecule has 3 nitrogen and oxygen atoms in total. The minimum Gasteiger partial charge on any atom is -0.426 e. The highest BCUT2D eigenvalue weighted by atomic mass is 32.1. The molecule has 0 bridgehead atoms. The van der Waals surface area contributed by atoms with Crippen LogP contribution in [0.5, 0.6) is 5.75 Å².